The average molecular weight is 475 g/mol. The number of thioether (sulfide) groups is 1. The first-order valence-electron chi connectivity index (χ1n) is 9.71. The largest absolute Gasteiger partial charge is 0.334 e. The third-order valence-electron chi connectivity index (χ3n) is 4.59. The molecular formula is C23H24Cl2N4OS. The van der Waals surface area contributed by atoms with Crippen LogP contribution in [-0.2, 0) is 17.7 Å². The van der Waals surface area contributed by atoms with Gasteiger partial charge < -0.3 is 5.32 Å². The van der Waals surface area contributed by atoms with E-state index in [4.69, 9.17) is 23.2 Å². The van der Waals surface area contributed by atoms with Gasteiger partial charge >= 0.3 is 0 Å². The minimum atomic E-state index is -0.258. The van der Waals surface area contributed by atoms with Gasteiger partial charge in [-0.15, -0.1) is 16.8 Å². The second-order valence-corrected chi connectivity index (χ2v) is 9.78. The third-order valence-corrected chi connectivity index (χ3v) is 6.37. The van der Waals surface area contributed by atoms with Gasteiger partial charge in [0.25, 0.3) is 5.56 Å². The maximum Gasteiger partial charge on any atom is 0.297 e. The lowest BCUT2D eigenvalue weighted by Gasteiger charge is -2.19. The minimum Gasteiger partial charge on any atom is -0.334 e. The van der Waals surface area contributed by atoms with Crippen molar-refractivity contribution in [3.05, 3.63) is 86.6 Å². The number of aromatic nitrogens is 3. The molecule has 0 spiro atoms. The molecule has 5 nitrogen and oxygen atoms in total. The zero-order valence-corrected chi connectivity index (χ0v) is 20.0. The first kappa shape index (κ1) is 23.4. The van der Waals surface area contributed by atoms with Crippen LogP contribution in [0.4, 0.5) is 11.5 Å². The third kappa shape index (κ3) is 5.91. The monoisotopic (exact) mass is 474 g/mol. The molecule has 0 saturated carbocycles. The van der Waals surface area contributed by atoms with Crippen molar-refractivity contribution in [1.82, 2.24) is 14.8 Å². The highest BCUT2D eigenvalue weighted by atomic mass is 35.5. The molecule has 0 atom stereocenters. The average Bonchev–Trinajstić information content (AvgIpc) is 2.72. The number of benzene rings is 2. The van der Waals surface area contributed by atoms with Crippen LogP contribution in [0.3, 0.4) is 0 Å². The minimum absolute atomic E-state index is 0.0577. The molecule has 1 aromatic heterocycles. The van der Waals surface area contributed by atoms with E-state index in [2.05, 4.69) is 42.9 Å². The summed E-state index contributed by atoms with van der Waals surface area (Å²) >= 11 is 13.5. The number of halogens is 2. The summed E-state index contributed by atoms with van der Waals surface area (Å²) < 4.78 is 1.55. The summed E-state index contributed by atoms with van der Waals surface area (Å²) in [6, 6.07) is 13.4. The van der Waals surface area contributed by atoms with E-state index in [9.17, 15) is 4.79 Å². The molecule has 1 N–H and O–H groups in total. The van der Waals surface area contributed by atoms with Gasteiger partial charge in [0, 0.05) is 18.0 Å². The van der Waals surface area contributed by atoms with E-state index < -0.39 is 0 Å². The Bertz CT molecular complexity index is 1140. The second-order valence-electron chi connectivity index (χ2n) is 8.03. The van der Waals surface area contributed by atoms with Gasteiger partial charge in [-0.2, -0.15) is 0 Å². The van der Waals surface area contributed by atoms with Crippen molar-refractivity contribution in [3.8, 4) is 0 Å². The lowest BCUT2D eigenvalue weighted by molar-refractivity contribution is 0.590. The Morgan fingerprint density at radius 1 is 1.10 bits per heavy atom. The number of nitrogens with one attached hydrogen (secondary N) is 1. The Morgan fingerprint density at radius 2 is 1.81 bits per heavy atom. The molecule has 0 bridgehead atoms. The fourth-order valence-electron chi connectivity index (χ4n) is 2.85. The van der Waals surface area contributed by atoms with Crippen LogP contribution in [0.15, 0.2) is 65.1 Å². The van der Waals surface area contributed by atoms with Gasteiger partial charge in [0.05, 0.1) is 10.0 Å². The highest BCUT2D eigenvalue weighted by Gasteiger charge is 2.15. The highest BCUT2D eigenvalue weighted by Crippen LogP contribution is 2.27. The molecule has 0 unspecified atom stereocenters. The summed E-state index contributed by atoms with van der Waals surface area (Å²) in [5, 5.41) is 13.0. The molecule has 162 valence electrons. The van der Waals surface area contributed by atoms with E-state index in [1.807, 2.05) is 30.3 Å². The SMILES string of the molecule is C=CCn1c(SCc2ccc(Cl)c(Cl)c2)nnc(Nc2ccc(C(C)(C)C)cc2)c1=O. The molecule has 0 aliphatic heterocycles. The normalized spacial score (nSPS) is 11.4. The van der Waals surface area contributed by atoms with Crippen LogP contribution in [0.5, 0.6) is 0 Å². The summed E-state index contributed by atoms with van der Waals surface area (Å²) in [5.41, 5.74) is 2.76. The highest BCUT2D eigenvalue weighted by molar-refractivity contribution is 7.98. The van der Waals surface area contributed by atoms with Crippen LogP contribution in [0, 0.1) is 0 Å². The van der Waals surface area contributed by atoms with Crippen molar-refractivity contribution in [3.63, 3.8) is 0 Å². The van der Waals surface area contributed by atoms with Crippen LogP contribution in [0.2, 0.25) is 10.0 Å². The summed E-state index contributed by atoms with van der Waals surface area (Å²) in [7, 11) is 0. The van der Waals surface area contributed by atoms with Gasteiger partial charge in [-0.05, 0) is 40.8 Å². The zero-order valence-electron chi connectivity index (χ0n) is 17.7. The molecule has 0 aliphatic rings. The van der Waals surface area contributed by atoms with Gasteiger partial charge in [-0.1, -0.05) is 80.0 Å². The molecule has 0 saturated heterocycles. The van der Waals surface area contributed by atoms with E-state index in [-0.39, 0.29) is 16.8 Å². The first-order chi connectivity index (χ1) is 14.7. The maximum atomic E-state index is 13.0. The molecule has 0 radical (unpaired) electrons. The molecule has 31 heavy (non-hydrogen) atoms. The Balaban J connectivity index is 1.82. The fraction of sp³-hybridized carbons (Fsp3) is 0.261. The van der Waals surface area contributed by atoms with E-state index in [0.717, 1.165) is 11.3 Å². The summed E-state index contributed by atoms with van der Waals surface area (Å²) in [6.45, 7) is 10.6. The smallest absolute Gasteiger partial charge is 0.297 e. The number of anilines is 2. The Morgan fingerprint density at radius 3 is 2.42 bits per heavy atom. The lowest BCUT2D eigenvalue weighted by atomic mass is 9.87. The van der Waals surface area contributed by atoms with E-state index in [1.165, 1.54) is 17.3 Å². The van der Waals surface area contributed by atoms with Crippen LogP contribution >= 0.6 is 35.0 Å². The van der Waals surface area contributed by atoms with Gasteiger partial charge in [0.2, 0.25) is 5.82 Å². The predicted octanol–water partition coefficient (Wildman–Crippen LogP) is 6.46. The maximum absolute atomic E-state index is 13.0. The molecule has 1 heterocycles. The Hall–Kier alpha value is -2.28. The number of hydrogen-bond donors (Lipinski definition) is 1. The molecule has 0 amide bonds. The van der Waals surface area contributed by atoms with Gasteiger partial charge in [-0.3, -0.25) is 9.36 Å². The lowest BCUT2D eigenvalue weighted by Crippen LogP contribution is -2.26. The van der Waals surface area contributed by atoms with Gasteiger partial charge in [0.15, 0.2) is 5.16 Å². The van der Waals surface area contributed by atoms with E-state index in [1.54, 1.807) is 22.8 Å². The van der Waals surface area contributed by atoms with Crippen molar-refractivity contribution < 1.29 is 0 Å². The Kier molecular flexibility index (Phi) is 7.46. The molecule has 0 fully saturated rings. The standard InChI is InChI=1S/C23H24Cl2N4OS/c1-5-12-29-21(30)20(26-17-9-7-16(8-10-17)23(2,3)4)27-28-22(29)31-14-15-6-11-18(24)19(25)13-15/h5-11,13H,1,12,14H2,2-4H3,(H,26,27). The predicted molar refractivity (Wildman–Crippen MR) is 131 cm³/mol. The number of hydrogen-bond acceptors (Lipinski definition) is 5. The quantitative estimate of drug-likeness (QED) is 0.314. The van der Waals surface area contributed by atoms with Crippen molar-refractivity contribution >= 4 is 46.5 Å². The van der Waals surface area contributed by atoms with Crippen molar-refractivity contribution in [2.24, 2.45) is 0 Å². The number of allylic oxidation sites excluding steroid dienone is 1. The summed E-state index contributed by atoms with van der Waals surface area (Å²) in [5.74, 6) is 0.743. The molecule has 8 heteroatoms. The van der Waals surface area contributed by atoms with Gasteiger partial charge in [0.1, 0.15) is 0 Å². The Labute approximate surface area is 196 Å². The molecule has 2 aromatic carbocycles. The first-order valence-corrected chi connectivity index (χ1v) is 11.5. The van der Waals surface area contributed by atoms with Crippen LogP contribution in [0.25, 0.3) is 0 Å². The summed E-state index contributed by atoms with van der Waals surface area (Å²) in [4.78, 5) is 13.0. The zero-order chi connectivity index (χ0) is 22.6. The molecular weight excluding hydrogens is 451 g/mol. The van der Waals surface area contributed by atoms with Crippen LogP contribution in [-0.4, -0.2) is 14.8 Å². The van der Waals surface area contributed by atoms with Gasteiger partial charge in [-0.25, -0.2) is 0 Å². The topological polar surface area (TPSA) is 59.8 Å². The fourth-order valence-corrected chi connectivity index (χ4v) is 4.06. The summed E-state index contributed by atoms with van der Waals surface area (Å²) in [6.07, 6.45) is 1.66. The van der Waals surface area contributed by atoms with Crippen molar-refractivity contribution in [2.75, 3.05) is 5.32 Å². The van der Waals surface area contributed by atoms with Crippen LogP contribution < -0.4 is 10.9 Å². The van der Waals surface area contributed by atoms with E-state index >= 15 is 0 Å². The van der Waals surface area contributed by atoms with Crippen molar-refractivity contribution in [2.45, 2.75) is 43.6 Å². The van der Waals surface area contributed by atoms with E-state index in [0.29, 0.717) is 27.5 Å². The molecule has 3 aromatic rings. The van der Waals surface area contributed by atoms with Crippen LogP contribution in [0.1, 0.15) is 31.9 Å². The number of rotatable bonds is 7. The number of nitrogens with zero attached hydrogens (tertiary/aromatic N) is 3. The molecule has 3 rings (SSSR count). The molecule has 0 aliphatic carbocycles. The van der Waals surface area contributed by atoms with Crippen molar-refractivity contribution in [1.29, 1.82) is 0 Å². The second kappa shape index (κ2) is 9.90.